The first-order valence-electron chi connectivity index (χ1n) is 7.69. The van der Waals surface area contributed by atoms with Crippen LogP contribution in [0.2, 0.25) is 0 Å². The van der Waals surface area contributed by atoms with Crippen molar-refractivity contribution in [1.29, 1.82) is 0 Å². The second-order valence-electron chi connectivity index (χ2n) is 5.78. The summed E-state index contributed by atoms with van der Waals surface area (Å²) < 4.78 is 19.1. The highest BCUT2D eigenvalue weighted by Gasteiger charge is 2.31. The summed E-state index contributed by atoms with van der Waals surface area (Å²) in [5.74, 6) is -2.04. The molecule has 2 aromatic rings. The van der Waals surface area contributed by atoms with E-state index in [4.69, 9.17) is 4.74 Å². The lowest BCUT2D eigenvalue weighted by Crippen LogP contribution is -2.33. The van der Waals surface area contributed by atoms with Crippen LogP contribution in [0, 0.1) is 5.82 Å². The summed E-state index contributed by atoms with van der Waals surface area (Å²) in [5, 5.41) is 12.6. The number of hydrogen-bond acceptors (Lipinski definition) is 4. The summed E-state index contributed by atoms with van der Waals surface area (Å²) in [5.41, 5.74) is 0.281. The fraction of sp³-hybridized carbons (Fsp3) is 0.222. The Morgan fingerprint density at radius 1 is 1.20 bits per heavy atom. The fourth-order valence-corrected chi connectivity index (χ4v) is 2.62. The number of hydrogen-bond donors (Lipinski definition) is 2. The number of phenolic OH excluding ortho intramolecular Hbond substituents is 1. The van der Waals surface area contributed by atoms with Crippen LogP contribution < -0.4 is 5.32 Å². The number of phenols is 1. The summed E-state index contributed by atoms with van der Waals surface area (Å²) >= 11 is 3.21. The van der Waals surface area contributed by atoms with E-state index in [-0.39, 0.29) is 17.4 Å². The van der Waals surface area contributed by atoms with Crippen LogP contribution in [0.1, 0.15) is 34.9 Å². The molecule has 0 heterocycles. The molecule has 0 saturated heterocycles. The number of aromatic hydroxyl groups is 1. The number of ether oxygens (including phenoxy) is 1. The number of amides is 1. The van der Waals surface area contributed by atoms with E-state index in [1.807, 2.05) is 0 Å². The molecule has 0 spiro atoms. The van der Waals surface area contributed by atoms with Gasteiger partial charge in [0.15, 0.2) is 0 Å². The Kier molecular flexibility index (Phi) is 5.03. The minimum Gasteiger partial charge on any atom is -0.507 e. The lowest BCUT2D eigenvalue weighted by molar-refractivity contribution is -0.130. The molecule has 3 rings (SSSR count). The molecule has 5 nitrogen and oxygen atoms in total. The lowest BCUT2D eigenvalue weighted by Gasteiger charge is -2.18. The van der Waals surface area contributed by atoms with Crippen molar-refractivity contribution in [3.63, 3.8) is 0 Å². The number of carbonyl (C=O) groups excluding carboxylic acids is 2. The quantitative estimate of drug-likeness (QED) is 0.744. The maximum absolute atomic E-state index is 13.1. The number of esters is 1. The van der Waals surface area contributed by atoms with Crippen LogP contribution >= 0.6 is 15.9 Å². The predicted molar refractivity (Wildman–Crippen MR) is 91.5 cm³/mol. The van der Waals surface area contributed by atoms with Gasteiger partial charge in [-0.05, 0) is 43.2 Å². The van der Waals surface area contributed by atoms with E-state index in [2.05, 4.69) is 21.2 Å². The molecular formula is C18H15BrFNO4. The van der Waals surface area contributed by atoms with Crippen LogP contribution in [0.15, 0.2) is 46.9 Å². The van der Waals surface area contributed by atoms with Crippen molar-refractivity contribution in [2.45, 2.75) is 25.0 Å². The van der Waals surface area contributed by atoms with Gasteiger partial charge in [-0.25, -0.2) is 9.18 Å². The molecule has 2 aromatic carbocycles. The van der Waals surface area contributed by atoms with Crippen LogP contribution in [0.5, 0.6) is 5.75 Å². The van der Waals surface area contributed by atoms with Gasteiger partial charge < -0.3 is 15.2 Å². The Hall–Kier alpha value is -2.41. The molecular weight excluding hydrogens is 393 g/mol. The minimum atomic E-state index is -1.23. The number of nitrogens with one attached hydrogen (secondary N) is 1. The van der Waals surface area contributed by atoms with Crippen molar-refractivity contribution in [3.8, 4) is 5.75 Å². The van der Waals surface area contributed by atoms with Gasteiger partial charge in [0.05, 0.1) is 0 Å². The summed E-state index contributed by atoms with van der Waals surface area (Å²) in [7, 11) is 0. The van der Waals surface area contributed by atoms with E-state index in [1.165, 1.54) is 36.4 Å². The van der Waals surface area contributed by atoms with Gasteiger partial charge in [0, 0.05) is 16.1 Å². The molecule has 1 saturated carbocycles. The summed E-state index contributed by atoms with van der Waals surface area (Å²) in [6.45, 7) is 0. The molecule has 1 aliphatic carbocycles. The fourth-order valence-electron chi connectivity index (χ4n) is 2.26. The zero-order valence-corrected chi connectivity index (χ0v) is 14.6. The Bertz CT molecular complexity index is 805. The Morgan fingerprint density at radius 2 is 1.88 bits per heavy atom. The van der Waals surface area contributed by atoms with Crippen molar-refractivity contribution in [2.75, 3.05) is 0 Å². The average molecular weight is 408 g/mol. The third kappa shape index (κ3) is 4.36. The molecule has 1 aliphatic rings. The highest BCUT2D eigenvalue weighted by molar-refractivity contribution is 9.10. The molecule has 1 fully saturated rings. The zero-order chi connectivity index (χ0) is 18.0. The Labute approximate surface area is 151 Å². The largest absolute Gasteiger partial charge is 0.507 e. The first-order chi connectivity index (χ1) is 11.9. The summed E-state index contributed by atoms with van der Waals surface area (Å²) in [6, 6.07) is 9.56. The molecule has 1 unspecified atom stereocenters. The van der Waals surface area contributed by atoms with Crippen LogP contribution in [0.4, 0.5) is 4.39 Å². The van der Waals surface area contributed by atoms with Crippen LogP contribution in [0.25, 0.3) is 0 Å². The molecule has 7 heteroatoms. The zero-order valence-electron chi connectivity index (χ0n) is 13.0. The van der Waals surface area contributed by atoms with Crippen molar-refractivity contribution >= 4 is 27.8 Å². The number of halogens is 2. The van der Waals surface area contributed by atoms with Crippen LogP contribution in [-0.4, -0.2) is 23.0 Å². The molecule has 2 N–H and O–H groups in total. The van der Waals surface area contributed by atoms with Crippen molar-refractivity contribution < 1.29 is 23.8 Å². The van der Waals surface area contributed by atoms with Gasteiger partial charge in [0.1, 0.15) is 17.1 Å². The molecule has 0 aliphatic heterocycles. The smallest absolute Gasteiger partial charge is 0.343 e. The standard InChI is InChI=1S/C18H15BrFNO4/c19-11-3-8-15(22)14(9-11)18(24)25-16(17(23)21-13-6-7-13)10-1-4-12(20)5-2-10/h1-5,8-9,13,16,22H,6-7H2,(H,21,23). The SMILES string of the molecule is O=C(OC(C(=O)NC1CC1)c1ccc(F)cc1)c1cc(Br)ccc1O. The predicted octanol–water partition coefficient (Wildman–Crippen LogP) is 3.47. The maximum atomic E-state index is 13.1. The normalized spacial score (nSPS) is 14.6. The molecule has 25 heavy (non-hydrogen) atoms. The summed E-state index contributed by atoms with van der Waals surface area (Å²) in [4.78, 5) is 24.9. The van der Waals surface area contributed by atoms with Gasteiger partial charge in [0.25, 0.3) is 5.91 Å². The van der Waals surface area contributed by atoms with E-state index in [0.29, 0.717) is 10.0 Å². The van der Waals surface area contributed by atoms with Gasteiger partial charge in [-0.3, -0.25) is 4.79 Å². The number of rotatable bonds is 5. The number of carbonyl (C=O) groups is 2. The monoisotopic (exact) mass is 407 g/mol. The molecule has 0 bridgehead atoms. The van der Waals surface area contributed by atoms with Crippen LogP contribution in [-0.2, 0) is 9.53 Å². The highest BCUT2D eigenvalue weighted by atomic mass is 79.9. The average Bonchev–Trinajstić information content (AvgIpc) is 3.39. The van der Waals surface area contributed by atoms with Gasteiger partial charge in [0.2, 0.25) is 6.10 Å². The third-order valence-corrected chi connectivity index (χ3v) is 4.23. The molecule has 1 amide bonds. The molecule has 0 aromatic heterocycles. The van der Waals surface area contributed by atoms with E-state index in [0.717, 1.165) is 12.8 Å². The highest BCUT2D eigenvalue weighted by Crippen LogP contribution is 2.27. The Morgan fingerprint density at radius 3 is 2.52 bits per heavy atom. The summed E-state index contributed by atoms with van der Waals surface area (Å²) in [6.07, 6.45) is 0.525. The first-order valence-corrected chi connectivity index (χ1v) is 8.48. The second-order valence-corrected chi connectivity index (χ2v) is 6.70. The second kappa shape index (κ2) is 7.23. The van der Waals surface area contributed by atoms with Gasteiger partial charge in [-0.1, -0.05) is 28.1 Å². The topological polar surface area (TPSA) is 75.6 Å². The van der Waals surface area contributed by atoms with Gasteiger partial charge >= 0.3 is 5.97 Å². The lowest BCUT2D eigenvalue weighted by atomic mass is 10.1. The molecule has 130 valence electrons. The van der Waals surface area contributed by atoms with Gasteiger partial charge in [-0.15, -0.1) is 0 Å². The van der Waals surface area contributed by atoms with Crippen molar-refractivity contribution in [2.24, 2.45) is 0 Å². The molecule has 0 radical (unpaired) electrons. The van der Waals surface area contributed by atoms with E-state index >= 15 is 0 Å². The van der Waals surface area contributed by atoms with E-state index in [9.17, 15) is 19.1 Å². The first kappa shape index (κ1) is 17.4. The maximum Gasteiger partial charge on any atom is 0.343 e. The van der Waals surface area contributed by atoms with Crippen molar-refractivity contribution in [3.05, 3.63) is 63.9 Å². The van der Waals surface area contributed by atoms with Crippen molar-refractivity contribution in [1.82, 2.24) is 5.32 Å². The van der Waals surface area contributed by atoms with Gasteiger partial charge in [-0.2, -0.15) is 0 Å². The van der Waals surface area contributed by atoms with E-state index in [1.54, 1.807) is 6.07 Å². The Balaban J connectivity index is 1.85. The van der Waals surface area contributed by atoms with Crippen LogP contribution in [0.3, 0.4) is 0 Å². The third-order valence-electron chi connectivity index (χ3n) is 3.74. The molecule has 1 atom stereocenters. The number of benzene rings is 2. The minimum absolute atomic E-state index is 0.0688. The van der Waals surface area contributed by atoms with E-state index < -0.39 is 23.8 Å².